The number of hydrogen-bond acceptors (Lipinski definition) is 1. The molecular formula is C9H8BrFO. The maximum atomic E-state index is 12.8. The molecule has 0 unspecified atom stereocenters. The van der Waals surface area contributed by atoms with Crippen LogP contribution in [0.2, 0.25) is 0 Å². The molecule has 1 aromatic carbocycles. The molecule has 0 spiro atoms. The van der Waals surface area contributed by atoms with E-state index in [9.17, 15) is 9.50 Å². The Morgan fingerprint density at radius 1 is 1.42 bits per heavy atom. The van der Waals surface area contributed by atoms with Gasteiger partial charge in [-0.1, -0.05) is 0 Å². The number of rotatable bonds is 1. The molecule has 0 bridgehead atoms. The highest BCUT2D eigenvalue weighted by Crippen LogP contribution is 2.45. The van der Waals surface area contributed by atoms with Crippen LogP contribution in [0.5, 0.6) is 5.75 Å². The Morgan fingerprint density at radius 3 is 2.67 bits per heavy atom. The van der Waals surface area contributed by atoms with Gasteiger partial charge in [0.1, 0.15) is 11.6 Å². The van der Waals surface area contributed by atoms with E-state index in [0.717, 1.165) is 24.5 Å². The molecule has 0 aromatic heterocycles. The first kappa shape index (κ1) is 8.05. The van der Waals surface area contributed by atoms with Crippen molar-refractivity contribution in [3.05, 3.63) is 28.0 Å². The fraction of sp³-hybridized carbons (Fsp3) is 0.333. The molecule has 0 saturated heterocycles. The van der Waals surface area contributed by atoms with Crippen LogP contribution in [0.25, 0.3) is 0 Å². The molecule has 1 aliphatic carbocycles. The van der Waals surface area contributed by atoms with Gasteiger partial charge in [0.15, 0.2) is 0 Å². The predicted molar refractivity (Wildman–Crippen MR) is 47.7 cm³/mol. The first-order valence-corrected chi connectivity index (χ1v) is 4.65. The third kappa shape index (κ3) is 1.33. The molecule has 1 fully saturated rings. The average Bonchev–Trinajstić information content (AvgIpc) is 2.79. The zero-order valence-corrected chi connectivity index (χ0v) is 7.94. The van der Waals surface area contributed by atoms with Crippen LogP contribution in [0.3, 0.4) is 0 Å². The summed E-state index contributed by atoms with van der Waals surface area (Å²) < 4.78 is 13.5. The summed E-state index contributed by atoms with van der Waals surface area (Å²) in [7, 11) is 0. The Labute approximate surface area is 78.3 Å². The zero-order chi connectivity index (χ0) is 8.72. The molecule has 1 saturated carbocycles. The largest absolute Gasteiger partial charge is 0.507 e. The lowest BCUT2D eigenvalue weighted by Gasteiger charge is -2.04. The number of aromatic hydroxyl groups is 1. The normalized spacial score (nSPS) is 16.5. The van der Waals surface area contributed by atoms with E-state index < -0.39 is 0 Å². The molecule has 0 aliphatic heterocycles. The van der Waals surface area contributed by atoms with Gasteiger partial charge in [0, 0.05) is 6.07 Å². The van der Waals surface area contributed by atoms with Crippen molar-refractivity contribution >= 4 is 15.9 Å². The van der Waals surface area contributed by atoms with Crippen molar-refractivity contribution in [1.82, 2.24) is 0 Å². The van der Waals surface area contributed by atoms with Crippen molar-refractivity contribution in [1.29, 1.82) is 0 Å². The van der Waals surface area contributed by atoms with Crippen molar-refractivity contribution in [2.24, 2.45) is 0 Å². The van der Waals surface area contributed by atoms with E-state index in [1.165, 1.54) is 6.07 Å². The van der Waals surface area contributed by atoms with Gasteiger partial charge in [-0.15, -0.1) is 0 Å². The fourth-order valence-corrected chi connectivity index (χ4v) is 1.84. The lowest BCUT2D eigenvalue weighted by molar-refractivity contribution is 0.464. The SMILES string of the molecule is Oc1cc(F)cc(C2CC2)c1Br. The summed E-state index contributed by atoms with van der Waals surface area (Å²) >= 11 is 3.24. The van der Waals surface area contributed by atoms with Crippen LogP contribution >= 0.6 is 15.9 Å². The van der Waals surface area contributed by atoms with Crippen LogP contribution in [0.15, 0.2) is 16.6 Å². The summed E-state index contributed by atoms with van der Waals surface area (Å²) in [6, 6.07) is 2.61. The summed E-state index contributed by atoms with van der Waals surface area (Å²) in [5.41, 5.74) is 0.896. The fourth-order valence-electron chi connectivity index (χ4n) is 1.29. The molecule has 1 nitrogen and oxygen atoms in total. The van der Waals surface area contributed by atoms with Gasteiger partial charge >= 0.3 is 0 Å². The van der Waals surface area contributed by atoms with E-state index in [0.29, 0.717) is 10.4 Å². The molecule has 0 radical (unpaired) electrons. The van der Waals surface area contributed by atoms with Crippen molar-refractivity contribution in [3.8, 4) is 5.75 Å². The van der Waals surface area contributed by atoms with Crippen molar-refractivity contribution in [2.75, 3.05) is 0 Å². The molecular weight excluding hydrogens is 223 g/mol. The summed E-state index contributed by atoms with van der Waals surface area (Å²) in [6.07, 6.45) is 2.20. The quantitative estimate of drug-likeness (QED) is 0.786. The van der Waals surface area contributed by atoms with Crippen molar-refractivity contribution < 1.29 is 9.50 Å². The number of halogens is 2. The van der Waals surface area contributed by atoms with Crippen LogP contribution in [-0.4, -0.2) is 5.11 Å². The summed E-state index contributed by atoms with van der Waals surface area (Å²) in [6.45, 7) is 0. The van der Waals surface area contributed by atoms with Crippen LogP contribution in [0.1, 0.15) is 24.3 Å². The van der Waals surface area contributed by atoms with Crippen LogP contribution in [0.4, 0.5) is 4.39 Å². The minimum absolute atomic E-state index is 0.00287. The highest BCUT2D eigenvalue weighted by atomic mass is 79.9. The third-order valence-corrected chi connectivity index (χ3v) is 2.93. The predicted octanol–water partition coefficient (Wildman–Crippen LogP) is 3.17. The smallest absolute Gasteiger partial charge is 0.132 e. The van der Waals surface area contributed by atoms with Gasteiger partial charge in [0.05, 0.1) is 4.47 Å². The van der Waals surface area contributed by atoms with Gasteiger partial charge in [-0.25, -0.2) is 4.39 Å². The van der Waals surface area contributed by atoms with Gasteiger partial charge in [-0.05, 0) is 46.3 Å². The minimum Gasteiger partial charge on any atom is -0.507 e. The molecule has 1 aromatic rings. The van der Waals surface area contributed by atoms with Gasteiger partial charge in [-0.3, -0.25) is 0 Å². The molecule has 12 heavy (non-hydrogen) atoms. The first-order valence-electron chi connectivity index (χ1n) is 3.86. The molecule has 1 N–H and O–H groups in total. The van der Waals surface area contributed by atoms with E-state index in [1.54, 1.807) is 0 Å². The molecule has 3 heteroatoms. The van der Waals surface area contributed by atoms with E-state index in [1.807, 2.05) is 0 Å². The number of hydrogen-bond donors (Lipinski definition) is 1. The second-order valence-electron chi connectivity index (χ2n) is 3.10. The summed E-state index contributed by atoms with van der Waals surface area (Å²) in [4.78, 5) is 0. The number of phenolic OH excluding ortho intramolecular Hbond substituents is 1. The Morgan fingerprint density at radius 2 is 2.08 bits per heavy atom. The maximum absolute atomic E-state index is 12.8. The highest BCUT2D eigenvalue weighted by Gasteiger charge is 2.27. The van der Waals surface area contributed by atoms with Crippen LogP contribution < -0.4 is 0 Å². The highest BCUT2D eigenvalue weighted by molar-refractivity contribution is 9.10. The minimum atomic E-state index is -0.363. The Balaban J connectivity index is 2.51. The molecule has 2 rings (SSSR count). The number of phenols is 1. The summed E-state index contributed by atoms with van der Waals surface area (Å²) in [5.74, 6) is 0.0791. The average molecular weight is 231 g/mol. The van der Waals surface area contributed by atoms with Crippen molar-refractivity contribution in [2.45, 2.75) is 18.8 Å². The second kappa shape index (κ2) is 2.73. The Hall–Kier alpha value is -0.570. The Bertz CT molecular complexity index is 321. The number of benzene rings is 1. The first-order chi connectivity index (χ1) is 5.68. The Kier molecular flexibility index (Phi) is 1.83. The van der Waals surface area contributed by atoms with E-state index in [4.69, 9.17) is 0 Å². The maximum Gasteiger partial charge on any atom is 0.132 e. The second-order valence-corrected chi connectivity index (χ2v) is 3.90. The molecule has 1 aliphatic rings. The molecule has 0 amide bonds. The molecule has 0 atom stereocenters. The monoisotopic (exact) mass is 230 g/mol. The summed E-state index contributed by atoms with van der Waals surface area (Å²) in [5, 5.41) is 9.27. The third-order valence-electron chi connectivity index (χ3n) is 2.06. The lowest BCUT2D eigenvalue weighted by atomic mass is 10.1. The van der Waals surface area contributed by atoms with Gasteiger partial charge in [0.25, 0.3) is 0 Å². The van der Waals surface area contributed by atoms with Gasteiger partial charge in [0.2, 0.25) is 0 Å². The van der Waals surface area contributed by atoms with E-state index in [2.05, 4.69) is 15.9 Å². The molecule has 64 valence electrons. The van der Waals surface area contributed by atoms with E-state index in [-0.39, 0.29) is 11.6 Å². The molecule has 0 heterocycles. The standard InChI is InChI=1S/C9H8BrFO/c10-9-7(5-1-2-5)3-6(11)4-8(9)12/h3-5,12H,1-2H2. The van der Waals surface area contributed by atoms with Crippen molar-refractivity contribution in [3.63, 3.8) is 0 Å². The van der Waals surface area contributed by atoms with Crippen LogP contribution in [0, 0.1) is 5.82 Å². The van der Waals surface area contributed by atoms with Gasteiger partial charge in [-0.2, -0.15) is 0 Å². The zero-order valence-electron chi connectivity index (χ0n) is 6.35. The lowest BCUT2D eigenvalue weighted by Crippen LogP contribution is -1.85. The van der Waals surface area contributed by atoms with Crippen LogP contribution in [-0.2, 0) is 0 Å². The topological polar surface area (TPSA) is 20.2 Å². The van der Waals surface area contributed by atoms with E-state index >= 15 is 0 Å². The van der Waals surface area contributed by atoms with Gasteiger partial charge < -0.3 is 5.11 Å².